The highest BCUT2D eigenvalue weighted by atomic mass is 32.2. The first-order valence-corrected chi connectivity index (χ1v) is 16.8. The summed E-state index contributed by atoms with van der Waals surface area (Å²) in [6.45, 7) is 5.33. The Morgan fingerprint density at radius 1 is 1.15 bits per heavy atom. The standard InChI is InChI=1S/C32H44F3N3O7S/c1-22-19-38(23(2)21-39)31(41)27-18-25(36-46(42,43)26-11-6-5-7-12-26)13-14-28(27)45-24(3)10-8-9-17-44-29(22)20-37(4)30(40)15-16-32(33,34)35/h5-7,11-14,18,22-24,29,36,39H,8-10,15-17,19-21H2,1-4H3/t22-,23+,24+,29-/m0/s1. The molecule has 0 spiro atoms. The smallest absolute Gasteiger partial charge is 0.389 e. The summed E-state index contributed by atoms with van der Waals surface area (Å²) >= 11 is 0. The van der Waals surface area contributed by atoms with Crippen molar-refractivity contribution in [2.45, 2.75) is 82.2 Å². The third-order valence-electron chi connectivity index (χ3n) is 7.86. The van der Waals surface area contributed by atoms with Gasteiger partial charge in [0.15, 0.2) is 0 Å². The second-order valence-corrected chi connectivity index (χ2v) is 13.5. The molecule has 1 aliphatic heterocycles. The molecule has 4 atom stereocenters. The maximum atomic E-state index is 14.2. The number of fused-ring (bicyclic) bond motifs is 1. The number of aliphatic hydroxyl groups is 1. The Bertz CT molecular complexity index is 1410. The number of amides is 2. The highest BCUT2D eigenvalue weighted by molar-refractivity contribution is 7.92. The molecule has 0 fully saturated rings. The Morgan fingerprint density at radius 3 is 2.50 bits per heavy atom. The number of rotatable bonds is 9. The van der Waals surface area contributed by atoms with Crippen LogP contribution in [0.4, 0.5) is 18.9 Å². The SMILES string of the molecule is C[C@@H]1CCCCO[C@@H](CN(C)C(=O)CCC(F)(F)F)[C@@H](C)CN([C@H](C)CO)C(=O)c2cc(NS(=O)(=O)c3ccccc3)ccc2O1. The van der Waals surface area contributed by atoms with Gasteiger partial charge >= 0.3 is 6.18 Å². The number of likely N-dealkylation sites (N-methyl/N-ethyl adjacent to an activating group) is 1. The maximum Gasteiger partial charge on any atom is 0.389 e. The van der Waals surface area contributed by atoms with E-state index in [4.69, 9.17) is 9.47 Å². The van der Waals surface area contributed by atoms with Gasteiger partial charge in [-0.15, -0.1) is 0 Å². The number of alkyl halides is 3. The zero-order valence-corrected chi connectivity index (χ0v) is 27.4. The van der Waals surface area contributed by atoms with Gasteiger partial charge in [-0.1, -0.05) is 25.1 Å². The Labute approximate surface area is 268 Å². The number of nitrogens with zero attached hydrogens (tertiary/aromatic N) is 2. The Balaban J connectivity index is 1.95. The van der Waals surface area contributed by atoms with E-state index in [-0.39, 0.29) is 47.7 Å². The second kappa shape index (κ2) is 16.5. The minimum atomic E-state index is -4.45. The molecule has 2 amide bonds. The van der Waals surface area contributed by atoms with Crippen molar-refractivity contribution in [3.63, 3.8) is 0 Å². The van der Waals surface area contributed by atoms with E-state index in [1.807, 2.05) is 6.92 Å². The van der Waals surface area contributed by atoms with E-state index >= 15 is 0 Å². The quantitative estimate of drug-likeness (QED) is 0.381. The van der Waals surface area contributed by atoms with Crippen LogP contribution in [0.25, 0.3) is 0 Å². The lowest BCUT2D eigenvalue weighted by Crippen LogP contribution is -2.48. The molecule has 1 aliphatic rings. The van der Waals surface area contributed by atoms with E-state index in [0.717, 1.165) is 0 Å². The van der Waals surface area contributed by atoms with Crippen LogP contribution in [0.15, 0.2) is 53.4 Å². The van der Waals surface area contributed by atoms with Crippen LogP contribution in [0.5, 0.6) is 5.75 Å². The fraction of sp³-hybridized carbons (Fsp3) is 0.562. The van der Waals surface area contributed by atoms with Crippen LogP contribution < -0.4 is 9.46 Å². The van der Waals surface area contributed by atoms with E-state index in [1.165, 1.54) is 47.2 Å². The summed E-state index contributed by atoms with van der Waals surface area (Å²) in [5.41, 5.74) is 0.222. The average Bonchev–Trinajstić information content (AvgIpc) is 3.01. The van der Waals surface area contributed by atoms with Crippen molar-refractivity contribution in [1.82, 2.24) is 9.80 Å². The van der Waals surface area contributed by atoms with Gasteiger partial charge in [0.1, 0.15) is 5.75 Å². The van der Waals surface area contributed by atoms with Gasteiger partial charge in [0.05, 0.1) is 41.7 Å². The van der Waals surface area contributed by atoms with E-state index in [9.17, 15) is 36.3 Å². The molecule has 2 aromatic carbocycles. The van der Waals surface area contributed by atoms with Crippen LogP contribution in [0.3, 0.4) is 0 Å². The number of hydrogen-bond acceptors (Lipinski definition) is 7. The molecule has 0 saturated carbocycles. The molecule has 1 heterocycles. The summed E-state index contributed by atoms with van der Waals surface area (Å²) in [6, 6.07) is 11.6. The Hall–Kier alpha value is -3.36. The van der Waals surface area contributed by atoms with E-state index in [2.05, 4.69) is 4.72 Å². The average molecular weight is 672 g/mol. The number of aliphatic hydroxyl groups excluding tert-OH is 1. The van der Waals surface area contributed by atoms with E-state index in [1.54, 1.807) is 32.0 Å². The summed E-state index contributed by atoms with van der Waals surface area (Å²) < 4.78 is 79.1. The predicted octanol–water partition coefficient (Wildman–Crippen LogP) is 5.08. The maximum absolute atomic E-state index is 14.2. The molecule has 0 bridgehead atoms. The lowest BCUT2D eigenvalue weighted by molar-refractivity contribution is -0.149. The van der Waals surface area contributed by atoms with E-state index < -0.39 is 58.9 Å². The molecule has 0 radical (unpaired) electrons. The van der Waals surface area contributed by atoms with Crippen molar-refractivity contribution in [2.75, 3.05) is 38.1 Å². The Kier molecular flexibility index (Phi) is 13.3. The number of halogens is 3. The van der Waals surface area contributed by atoms with Gasteiger partial charge in [0, 0.05) is 44.8 Å². The molecule has 2 aromatic rings. The van der Waals surface area contributed by atoms with Crippen LogP contribution in [-0.4, -0.2) is 92.9 Å². The number of nitrogens with one attached hydrogen (secondary N) is 1. The van der Waals surface area contributed by atoms with Crippen molar-refractivity contribution in [2.24, 2.45) is 5.92 Å². The van der Waals surface area contributed by atoms with Crippen LogP contribution in [-0.2, 0) is 19.6 Å². The minimum Gasteiger partial charge on any atom is -0.490 e. The van der Waals surface area contributed by atoms with Crippen molar-refractivity contribution in [3.05, 3.63) is 54.1 Å². The van der Waals surface area contributed by atoms with E-state index in [0.29, 0.717) is 25.9 Å². The molecule has 10 nitrogen and oxygen atoms in total. The van der Waals surface area contributed by atoms with Crippen LogP contribution in [0, 0.1) is 5.92 Å². The monoisotopic (exact) mass is 671 g/mol. The summed E-state index contributed by atoms with van der Waals surface area (Å²) in [4.78, 5) is 29.4. The van der Waals surface area contributed by atoms with Gasteiger partial charge in [-0.05, 0) is 63.4 Å². The van der Waals surface area contributed by atoms with Crippen molar-refractivity contribution in [1.29, 1.82) is 0 Å². The minimum absolute atomic E-state index is 0.00884. The largest absolute Gasteiger partial charge is 0.490 e. The normalized spacial score (nSPS) is 21.0. The van der Waals surface area contributed by atoms with Gasteiger partial charge in [0.25, 0.3) is 15.9 Å². The summed E-state index contributed by atoms with van der Waals surface area (Å²) in [7, 11) is -2.54. The lowest BCUT2D eigenvalue weighted by Gasteiger charge is -2.36. The summed E-state index contributed by atoms with van der Waals surface area (Å²) in [5.74, 6) is -1.36. The topological polar surface area (TPSA) is 125 Å². The number of carbonyl (C=O) groups is 2. The second-order valence-electron chi connectivity index (χ2n) is 11.8. The molecule has 46 heavy (non-hydrogen) atoms. The van der Waals surface area contributed by atoms with Crippen LogP contribution >= 0.6 is 0 Å². The Morgan fingerprint density at radius 2 is 1.85 bits per heavy atom. The first kappa shape index (κ1) is 37.1. The van der Waals surface area contributed by atoms with Gasteiger partial charge in [-0.3, -0.25) is 14.3 Å². The summed E-state index contributed by atoms with van der Waals surface area (Å²) in [6.07, 6.45) is -5.30. The lowest BCUT2D eigenvalue weighted by atomic mass is 10.0. The highest BCUT2D eigenvalue weighted by Gasteiger charge is 2.32. The van der Waals surface area contributed by atoms with Crippen molar-refractivity contribution < 1.29 is 45.8 Å². The molecular weight excluding hydrogens is 627 g/mol. The molecule has 3 rings (SSSR count). The molecule has 14 heteroatoms. The number of carbonyl (C=O) groups excluding carboxylic acids is 2. The number of hydrogen-bond donors (Lipinski definition) is 2. The number of sulfonamides is 1. The summed E-state index contributed by atoms with van der Waals surface area (Å²) in [5, 5.41) is 10.1. The number of benzene rings is 2. The zero-order valence-electron chi connectivity index (χ0n) is 26.6. The molecule has 0 saturated heterocycles. The molecule has 0 aromatic heterocycles. The fourth-order valence-electron chi connectivity index (χ4n) is 5.07. The molecule has 256 valence electrons. The molecular formula is C32H44F3N3O7S. The van der Waals surface area contributed by atoms with Gasteiger partial charge in [0.2, 0.25) is 5.91 Å². The number of ether oxygens (including phenoxy) is 2. The van der Waals surface area contributed by atoms with Crippen molar-refractivity contribution in [3.8, 4) is 5.75 Å². The first-order valence-electron chi connectivity index (χ1n) is 15.3. The molecule has 0 unspecified atom stereocenters. The number of anilines is 1. The highest BCUT2D eigenvalue weighted by Crippen LogP contribution is 2.30. The predicted molar refractivity (Wildman–Crippen MR) is 167 cm³/mol. The van der Waals surface area contributed by atoms with Crippen molar-refractivity contribution >= 4 is 27.5 Å². The first-order chi connectivity index (χ1) is 21.6. The molecule has 0 aliphatic carbocycles. The third kappa shape index (κ3) is 10.9. The zero-order chi connectivity index (χ0) is 34.1. The molecule has 2 N–H and O–H groups in total. The van der Waals surface area contributed by atoms with Gasteiger partial charge < -0.3 is 24.4 Å². The van der Waals surface area contributed by atoms with Gasteiger partial charge in [-0.2, -0.15) is 13.2 Å². The van der Waals surface area contributed by atoms with Crippen LogP contribution in [0.2, 0.25) is 0 Å². The fourth-order valence-corrected chi connectivity index (χ4v) is 6.14. The third-order valence-corrected chi connectivity index (χ3v) is 9.26. The van der Waals surface area contributed by atoms with Crippen LogP contribution in [0.1, 0.15) is 63.2 Å². The van der Waals surface area contributed by atoms with Gasteiger partial charge in [-0.25, -0.2) is 8.42 Å².